The van der Waals surface area contributed by atoms with Gasteiger partial charge in [0.2, 0.25) is 0 Å². The highest BCUT2D eigenvalue weighted by Gasteiger charge is 2.12. The van der Waals surface area contributed by atoms with Crippen LogP contribution in [0.1, 0.15) is 21.5 Å². The maximum atomic E-state index is 12.3. The minimum absolute atomic E-state index is 0.163. The van der Waals surface area contributed by atoms with Crippen LogP contribution in [0.25, 0.3) is 0 Å². The molecular weight excluding hydrogens is 322 g/mol. The molecule has 0 aliphatic rings. The average Bonchev–Trinajstić information content (AvgIpc) is 2.57. The van der Waals surface area contributed by atoms with E-state index in [1.165, 1.54) is 0 Å². The van der Waals surface area contributed by atoms with Crippen LogP contribution in [0.15, 0.2) is 41.3 Å². The molecule has 0 bridgehead atoms. The summed E-state index contributed by atoms with van der Waals surface area (Å²) < 4.78 is 11.0. The monoisotopic (exact) mass is 345 g/mol. The van der Waals surface area contributed by atoms with Gasteiger partial charge in [-0.25, -0.2) is 0 Å². The lowest BCUT2D eigenvalue weighted by atomic mass is 10.1. The Morgan fingerprint density at radius 2 is 1.83 bits per heavy atom. The molecule has 2 rings (SSSR count). The highest BCUT2D eigenvalue weighted by atomic mass is 32.2. The second kappa shape index (κ2) is 8.64. The van der Waals surface area contributed by atoms with Crippen LogP contribution in [0.2, 0.25) is 0 Å². The van der Waals surface area contributed by atoms with Crippen LogP contribution in [-0.4, -0.2) is 32.4 Å². The topological polar surface area (TPSA) is 47.6 Å². The van der Waals surface area contributed by atoms with E-state index in [-0.39, 0.29) is 5.91 Å². The summed E-state index contributed by atoms with van der Waals surface area (Å²) in [6, 6.07) is 11.6. The predicted molar refractivity (Wildman–Crippen MR) is 98.5 cm³/mol. The Kier molecular flexibility index (Phi) is 6.55. The van der Waals surface area contributed by atoms with Gasteiger partial charge in [-0.3, -0.25) is 4.79 Å². The van der Waals surface area contributed by atoms with Crippen LogP contribution in [0.4, 0.5) is 0 Å². The summed E-state index contributed by atoms with van der Waals surface area (Å²) in [6.45, 7) is 4.91. The third kappa shape index (κ3) is 4.93. The number of carbonyl (C=O) groups excluding carboxylic acids is 1. The Morgan fingerprint density at radius 3 is 2.46 bits per heavy atom. The van der Waals surface area contributed by atoms with E-state index < -0.39 is 0 Å². The van der Waals surface area contributed by atoms with Crippen molar-refractivity contribution < 1.29 is 14.3 Å². The summed E-state index contributed by atoms with van der Waals surface area (Å²) in [7, 11) is 1.57. The van der Waals surface area contributed by atoms with Gasteiger partial charge in [0.25, 0.3) is 5.91 Å². The van der Waals surface area contributed by atoms with Gasteiger partial charge in [0, 0.05) is 4.90 Å². The molecule has 24 heavy (non-hydrogen) atoms. The van der Waals surface area contributed by atoms with Gasteiger partial charge in [0.1, 0.15) is 18.1 Å². The van der Waals surface area contributed by atoms with Gasteiger partial charge >= 0.3 is 0 Å². The van der Waals surface area contributed by atoms with Crippen molar-refractivity contribution in [3.8, 4) is 11.5 Å². The Balaban J connectivity index is 1.89. The zero-order valence-electron chi connectivity index (χ0n) is 14.5. The number of nitrogens with one attached hydrogen (secondary N) is 1. The summed E-state index contributed by atoms with van der Waals surface area (Å²) in [5.41, 5.74) is 2.85. The standard InChI is InChI=1S/C19H23NO3S/c1-13-9-14(2)11-15(10-13)23-8-7-20-19(21)17-6-5-16(24-4)12-18(17)22-3/h5-6,9-12H,7-8H2,1-4H3,(H,20,21). The van der Waals surface area contributed by atoms with Gasteiger partial charge in [0.05, 0.1) is 19.2 Å². The van der Waals surface area contributed by atoms with Gasteiger partial charge in [-0.2, -0.15) is 0 Å². The number of hydrogen-bond donors (Lipinski definition) is 1. The van der Waals surface area contributed by atoms with E-state index in [9.17, 15) is 4.79 Å². The number of hydrogen-bond acceptors (Lipinski definition) is 4. The molecule has 0 fully saturated rings. The van der Waals surface area contributed by atoms with Crippen molar-refractivity contribution in [2.24, 2.45) is 0 Å². The van der Waals surface area contributed by atoms with Gasteiger partial charge in [-0.15, -0.1) is 11.8 Å². The number of rotatable bonds is 7. The minimum atomic E-state index is -0.163. The van der Waals surface area contributed by atoms with Crippen molar-refractivity contribution in [3.63, 3.8) is 0 Å². The molecule has 1 amide bonds. The van der Waals surface area contributed by atoms with Crippen molar-refractivity contribution in [1.29, 1.82) is 0 Å². The van der Waals surface area contributed by atoms with Gasteiger partial charge < -0.3 is 14.8 Å². The summed E-state index contributed by atoms with van der Waals surface area (Å²) in [5, 5.41) is 2.86. The number of thioether (sulfide) groups is 1. The van der Waals surface area contributed by atoms with Crippen molar-refractivity contribution in [3.05, 3.63) is 53.1 Å². The van der Waals surface area contributed by atoms with Crippen LogP contribution in [0, 0.1) is 13.8 Å². The third-order valence-electron chi connectivity index (χ3n) is 3.50. The Labute approximate surface area is 147 Å². The normalized spacial score (nSPS) is 10.3. The predicted octanol–water partition coefficient (Wildman–Crippen LogP) is 3.84. The Bertz CT molecular complexity index is 696. The lowest BCUT2D eigenvalue weighted by molar-refractivity contribution is 0.0944. The number of ether oxygens (including phenoxy) is 2. The van der Waals surface area contributed by atoms with E-state index in [2.05, 4.69) is 11.4 Å². The molecule has 5 heteroatoms. The summed E-state index contributed by atoms with van der Waals surface area (Å²) in [6.07, 6.45) is 1.98. The highest BCUT2D eigenvalue weighted by Crippen LogP contribution is 2.25. The van der Waals surface area contributed by atoms with E-state index in [0.29, 0.717) is 24.5 Å². The molecule has 0 aliphatic carbocycles. The number of benzene rings is 2. The van der Waals surface area contributed by atoms with Crippen LogP contribution in [-0.2, 0) is 0 Å². The SMILES string of the molecule is COc1cc(SC)ccc1C(=O)NCCOc1cc(C)cc(C)c1. The first-order valence-electron chi connectivity index (χ1n) is 7.75. The summed E-state index contributed by atoms with van der Waals surface area (Å²) >= 11 is 1.61. The molecular formula is C19H23NO3S. The third-order valence-corrected chi connectivity index (χ3v) is 4.23. The number of amides is 1. The zero-order chi connectivity index (χ0) is 17.5. The Hall–Kier alpha value is -2.14. The van der Waals surface area contributed by atoms with Crippen molar-refractivity contribution >= 4 is 17.7 Å². The average molecular weight is 345 g/mol. The fourth-order valence-electron chi connectivity index (χ4n) is 2.43. The smallest absolute Gasteiger partial charge is 0.255 e. The zero-order valence-corrected chi connectivity index (χ0v) is 15.3. The van der Waals surface area contributed by atoms with E-state index >= 15 is 0 Å². The fraction of sp³-hybridized carbons (Fsp3) is 0.316. The molecule has 128 valence electrons. The van der Waals surface area contributed by atoms with Crippen molar-refractivity contribution in [1.82, 2.24) is 5.32 Å². The van der Waals surface area contributed by atoms with Crippen LogP contribution >= 0.6 is 11.8 Å². The lowest BCUT2D eigenvalue weighted by Crippen LogP contribution is -2.28. The first-order chi connectivity index (χ1) is 11.5. The van der Waals surface area contributed by atoms with Crippen molar-refractivity contribution in [2.45, 2.75) is 18.7 Å². The van der Waals surface area contributed by atoms with Gasteiger partial charge in [0.15, 0.2) is 0 Å². The van der Waals surface area contributed by atoms with E-state index in [1.807, 2.05) is 44.4 Å². The molecule has 4 nitrogen and oxygen atoms in total. The molecule has 2 aromatic rings. The number of methoxy groups -OCH3 is 1. The fourth-order valence-corrected chi connectivity index (χ4v) is 2.86. The van der Waals surface area contributed by atoms with E-state index in [0.717, 1.165) is 21.8 Å². The highest BCUT2D eigenvalue weighted by molar-refractivity contribution is 7.98. The van der Waals surface area contributed by atoms with Crippen LogP contribution in [0.3, 0.4) is 0 Å². The second-order valence-electron chi connectivity index (χ2n) is 5.49. The molecule has 0 spiro atoms. The molecule has 2 aromatic carbocycles. The molecule has 0 radical (unpaired) electrons. The first-order valence-corrected chi connectivity index (χ1v) is 8.97. The molecule has 0 aliphatic heterocycles. The van der Waals surface area contributed by atoms with Gasteiger partial charge in [-0.05, 0) is 61.6 Å². The second-order valence-corrected chi connectivity index (χ2v) is 6.37. The van der Waals surface area contributed by atoms with Crippen LogP contribution < -0.4 is 14.8 Å². The molecule has 0 saturated carbocycles. The van der Waals surface area contributed by atoms with Crippen molar-refractivity contribution in [2.75, 3.05) is 26.5 Å². The quantitative estimate of drug-likeness (QED) is 0.612. The van der Waals surface area contributed by atoms with E-state index in [4.69, 9.17) is 9.47 Å². The number of aryl methyl sites for hydroxylation is 2. The minimum Gasteiger partial charge on any atom is -0.496 e. The molecule has 0 heterocycles. The Morgan fingerprint density at radius 1 is 1.12 bits per heavy atom. The summed E-state index contributed by atoms with van der Waals surface area (Å²) in [5.74, 6) is 1.24. The first kappa shape index (κ1) is 18.2. The molecule has 0 atom stereocenters. The van der Waals surface area contributed by atoms with Crippen LogP contribution in [0.5, 0.6) is 11.5 Å². The molecule has 0 aromatic heterocycles. The largest absolute Gasteiger partial charge is 0.496 e. The maximum Gasteiger partial charge on any atom is 0.255 e. The lowest BCUT2D eigenvalue weighted by Gasteiger charge is -2.12. The molecule has 0 saturated heterocycles. The summed E-state index contributed by atoms with van der Waals surface area (Å²) in [4.78, 5) is 13.3. The maximum absolute atomic E-state index is 12.3. The molecule has 0 unspecified atom stereocenters. The number of carbonyl (C=O) groups is 1. The molecule has 1 N–H and O–H groups in total. The van der Waals surface area contributed by atoms with E-state index in [1.54, 1.807) is 24.9 Å². The van der Waals surface area contributed by atoms with Gasteiger partial charge in [-0.1, -0.05) is 6.07 Å².